The molecule has 1 fully saturated rings. The van der Waals surface area contributed by atoms with Crippen LogP contribution in [0.25, 0.3) is 0 Å². The fraction of sp³-hybridized carbons (Fsp3) is 0.900. The second-order valence-corrected chi connectivity index (χ2v) is 6.67. The van der Waals surface area contributed by atoms with Crippen LogP contribution < -0.4 is 0 Å². The van der Waals surface area contributed by atoms with Crippen molar-refractivity contribution in [2.45, 2.75) is 37.7 Å². The van der Waals surface area contributed by atoms with Crippen molar-refractivity contribution in [3.05, 3.63) is 0 Å². The first-order valence-electron chi connectivity index (χ1n) is 4.87. The van der Waals surface area contributed by atoms with Crippen LogP contribution in [0.5, 0.6) is 0 Å². The number of carbonyl (C=O) groups is 1. The Morgan fingerprint density at radius 2 is 2.00 bits per heavy atom. The molecule has 0 aromatic rings. The molecule has 0 N–H and O–H groups in total. The number of Topliss-reactive ketones (excluding diaryl/α,β-unsaturated/α-hetero) is 1. The van der Waals surface area contributed by atoms with Crippen LogP contribution in [-0.2, 0) is 4.79 Å². The normalized spacial score (nSPS) is 29.2. The molecule has 76 valence electrons. The molecule has 0 bridgehead atoms. The van der Waals surface area contributed by atoms with Crippen LogP contribution in [0.3, 0.4) is 0 Å². The van der Waals surface area contributed by atoms with Gasteiger partial charge in [-0.3, -0.25) is 4.79 Å². The summed E-state index contributed by atoms with van der Waals surface area (Å²) >= 11 is 3.79. The van der Waals surface area contributed by atoms with E-state index in [1.807, 2.05) is 23.5 Å². The maximum absolute atomic E-state index is 11.8. The molecule has 0 spiro atoms. The minimum Gasteiger partial charge on any atom is -0.298 e. The highest BCUT2D eigenvalue weighted by molar-refractivity contribution is 8.07. The van der Waals surface area contributed by atoms with Crippen LogP contribution >= 0.6 is 23.5 Å². The summed E-state index contributed by atoms with van der Waals surface area (Å²) in [4.78, 5) is 11.8. The van der Waals surface area contributed by atoms with E-state index >= 15 is 0 Å². The average molecular weight is 218 g/mol. The van der Waals surface area contributed by atoms with E-state index in [0.717, 1.165) is 12.2 Å². The van der Waals surface area contributed by atoms with E-state index in [0.29, 0.717) is 17.0 Å². The van der Waals surface area contributed by atoms with Gasteiger partial charge in [0.2, 0.25) is 0 Å². The smallest absolute Gasteiger partial charge is 0.147 e. The third-order valence-corrected chi connectivity index (χ3v) is 5.25. The van der Waals surface area contributed by atoms with Gasteiger partial charge in [-0.15, -0.1) is 11.8 Å². The Morgan fingerprint density at radius 3 is 2.54 bits per heavy atom. The Kier molecular flexibility index (Phi) is 4.67. The molecule has 1 rings (SSSR count). The molecule has 2 unspecified atom stereocenters. The summed E-state index contributed by atoms with van der Waals surface area (Å²) in [7, 11) is 0. The fourth-order valence-electron chi connectivity index (χ4n) is 1.51. The highest BCUT2D eigenvalue weighted by Crippen LogP contribution is 2.32. The minimum atomic E-state index is 0.265. The SMILES string of the molecule is CC(C)CC(=O)C1SCCSC1C. The standard InChI is InChI=1S/C10H18OS2/c1-7(2)6-9(11)10-8(3)12-4-5-13-10/h7-8,10H,4-6H2,1-3H3. The molecular formula is C10H18OS2. The third-order valence-electron chi connectivity index (χ3n) is 2.11. The van der Waals surface area contributed by atoms with Gasteiger partial charge in [-0.05, 0) is 5.92 Å². The summed E-state index contributed by atoms with van der Waals surface area (Å²) in [5.41, 5.74) is 0. The fourth-order valence-corrected chi connectivity index (χ4v) is 4.25. The molecule has 1 aliphatic heterocycles. The number of carbonyl (C=O) groups excluding carboxylic acids is 1. The molecule has 13 heavy (non-hydrogen) atoms. The van der Waals surface area contributed by atoms with Crippen molar-refractivity contribution in [3.63, 3.8) is 0 Å². The number of hydrogen-bond acceptors (Lipinski definition) is 3. The van der Waals surface area contributed by atoms with E-state index < -0.39 is 0 Å². The van der Waals surface area contributed by atoms with E-state index in [4.69, 9.17) is 0 Å². The van der Waals surface area contributed by atoms with Crippen molar-refractivity contribution in [2.75, 3.05) is 11.5 Å². The van der Waals surface area contributed by atoms with Crippen molar-refractivity contribution in [3.8, 4) is 0 Å². The lowest BCUT2D eigenvalue weighted by Gasteiger charge is -2.27. The molecule has 0 aromatic heterocycles. The Balaban J connectivity index is 2.44. The summed E-state index contributed by atoms with van der Waals surface area (Å²) in [5, 5.41) is 0.783. The molecule has 0 amide bonds. The van der Waals surface area contributed by atoms with Gasteiger partial charge in [-0.1, -0.05) is 20.8 Å². The van der Waals surface area contributed by atoms with Crippen LogP contribution in [0.2, 0.25) is 0 Å². The lowest BCUT2D eigenvalue weighted by molar-refractivity contribution is -0.119. The minimum absolute atomic E-state index is 0.265. The molecule has 1 saturated heterocycles. The molecule has 1 heterocycles. The number of hydrogen-bond donors (Lipinski definition) is 0. The van der Waals surface area contributed by atoms with Crippen molar-refractivity contribution in [1.82, 2.24) is 0 Å². The summed E-state index contributed by atoms with van der Waals surface area (Å²) < 4.78 is 0. The first-order chi connectivity index (χ1) is 6.11. The van der Waals surface area contributed by atoms with Crippen molar-refractivity contribution in [2.24, 2.45) is 5.92 Å². The van der Waals surface area contributed by atoms with Crippen LogP contribution in [0.15, 0.2) is 0 Å². The summed E-state index contributed by atoms with van der Waals surface area (Å²) in [5.74, 6) is 3.31. The zero-order valence-electron chi connectivity index (χ0n) is 8.58. The maximum atomic E-state index is 11.8. The first-order valence-corrected chi connectivity index (χ1v) is 6.97. The van der Waals surface area contributed by atoms with Gasteiger partial charge >= 0.3 is 0 Å². The summed E-state index contributed by atoms with van der Waals surface area (Å²) in [6.45, 7) is 6.41. The Labute approximate surface area is 89.4 Å². The van der Waals surface area contributed by atoms with E-state index in [1.165, 1.54) is 5.75 Å². The van der Waals surface area contributed by atoms with E-state index in [1.54, 1.807) is 0 Å². The van der Waals surface area contributed by atoms with Crippen LogP contribution in [0, 0.1) is 5.92 Å². The van der Waals surface area contributed by atoms with Crippen LogP contribution in [-0.4, -0.2) is 27.8 Å². The van der Waals surface area contributed by atoms with Gasteiger partial charge in [0.05, 0.1) is 5.25 Å². The number of ketones is 1. The topological polar surface area (TPSA) is 17.1 Å². The predicted octanol–water partition coefficient (Wildman–Crippen LogP) is 2.84. The van der Waals surface area contributed by atoms with Gasteiger partial charge in [-0.25, -0.2) is 0 Å². The molecule has 1 nitrogen and oxygen atoms in total. The summed E-state index contributed by atoms with van der Waals surface area (Å²) in [6.07, 6.45) is 0.753. The van der Waals surface area contributed by atoms with Gasteiger partial charge < -0.3 is 0 Å². The zero-order chi connectivity index (χ0) is 9.84. The van der Waals surface area contributed by atoms with Gasteiger partial charge in [-0.2, -0.15) is 11.8 Å². The van der Waals surface area contributed by atoms with Crippen molar-refractivity contribution in [1.29, 1.82) is 0 Å². The largest absolute Gasteiger partial charge is 0.298 e. The lowest BCUT2D eigenvalue weighted by atomic mass is 10.0. The molecule has 0 saturated carbocycles. The van der Waals surface area contributed by atoms with E-state index in [9.17, 15) is 4.79 Å². The third kappa shape index (κ3) is 3.55. The second kappa shape index (κ2) is 5.30. The Morgan fingerprint density at radius 1 is 1.38 bits per heavy atom. The number of thioether (sulfide) groups is 2. The molecule has 2 atom stereocenters. The lowest BCUT2D eigenvalue weighted by Crippen LogP contribution is -2.31. The Hall–Kier alpha value is 0.370. The average Bonchev–Trinajstić information content (AvgIpc) is 2.03. The van der Waals surface area contributed by atoms with E-state index in [-0.39, 0.29) is 5.25 Å². The van der Waals surface area contributed by atoms with Gasteiger partial charge in [0.1, 0.15) is 5.78 Å². The highest BCUT2D eigenvalue weighted by Gasteiger charge is 2.28. The zero-order valence-corrected chi connectivity index (χ0v) is 10.2. The van der Waals surface area contributed by atoms with Crippen molar-refractivity contribution >= 4 is 29.3 Å². The maximum Gasteiger partial charge on any atom is 0.147 e. The Bertz CT molecular complexity index is 180. The first kappa shape index (κ1) is 11.4. The van der Waals surface area contributed by atoms with Gasteiger partial charge in [0.25, 0.3) is 0 Å². The predicted molar refractivity (Wildman–Crippen MR) is 62.6 cm³/mol. The number of rotatable bonds is 3. The molecule has 1 aliphatic rings. The quantitative estimate of drug-likeness (QED) is 0.725. The van der Waals surface area contributed by atoms with Gasteiger partial charge in [0, 0.05) is 23.2 Å². The summed E-state index contributed by atoms with van der Waals surface area (Å²) in [6, 6.07) is 0. The van der Waals surface area contributed by atoms with E-state index in [2.05, 4.69) is 20.8 Å². The highest BCUT2D eigenvalue weighted by atomic mass is 32.2. The molecule has 0 radical (unpaired) electrons. The van der Waals surface area contributed by atoms with Gasteiger partial charge in [0.15, 0.2) is 0 Å². The van der Waals surface area contributed by atoms with Crippen LogP contribution in [0.1, 0.15) is 27.2 Å². The monoisotopic (exact) mass is 218 g/mol. The molecule has 0 aliphatic carbocycles. The molecule has 0 aromatic carbocycles. The molecular weight excluding hydrogens is 200 g/mol. The molecule has 3 heteroatoms. The van der Waals surface area contributed by atoms with Crippen LogP contribution in [0.4, 0.5) is 0 Å². The van der Waals surface area contributed by atoms with Crippen molar-refractivity contribution < 1.29 is 4.79 Å². The second-order valence-electron chi connectivity index (χ2n) is 3.93.